The lowest BCUT2D eigenvalue weighted by molar-refractivity contribution is -0.144. The molecule has 2 unspecified atom stereocenters. The molecule has 3 aromatic carbocycles. The van der Waals surface area contributed by atoms with Crippen molar-refractivity contribution in [3.05, 3.63) is 117 Å². The summed E-state index contributed by atoms with van der Waals surface area (Å²) in [7, 11) is 0. The fourth-order valence-electron chi connectivity index (χ4n) is 12.0. The average Bonchev–Trinajstić information content (AvgIpc) is 2.54. The van der Waals surface area contributed by atoms with Crippen LogP contribution in [0.3, 0.4) is 0 Å². The molecule has 0 aliphatic carbocycles. The smallest absolute Gasteiger partial charge is 0.355 e. The first-order chi connectivity index (χ1) is 43.9. The van der Waals surface area contributed by atoms with Crippen molar-refractivity contribution in [1.29, 1.82) is 0 Å². The summed E-state index contributed by atoms with van der Waals surface area (Å²) in [6.45, 7) is 17.9. The highest BCUT2D eigenvalue weighted by atomic mass is 32.1. The molecule has 7 aromatic rings. The van der Waals surface area contributed by atoms with Gasteiger partial charge in [-0.2, -0.15) is 0 Å². The number of piperazine rings is 1. The van der Waals surface area contributed by atoms with Crippen molar-refractivity contribution >= 4 is 89.8 Å². The zero-order chi connectivity index (χ0) is 64.2. The molecule has 10 rings (SSSR count). The number of hydrogen-bond acceptors (Lipinski definition) is 18. The second-order valence-corrected chi connectivity index (χ2v) is 28.0. The summed E-state index contributed by atoms with van der Waals surface area (Å²) in [5.74, 6) is 5.27. The lowest BCUT2D eigenvalue weighted by Crippen LogP contribution is -2.57. The first-order valence-electron chi connectivity index (χ1n) is 31.8. The van der Waals surface area contributed by atoms with E-state index in [0.29, 0.717) is 59.6 Å². The number of aromatic nitrogens is 5. The van der Waals surface area contributed by atoms with Crippen molar-refractivity contribution < 1.29 is 38.5 Å². The van der Waals surface area contributed by atoms with E-state index in [1.165, 1.54) is 22.3 Å². The first-order valence-corrected chi connectivity index (χ1v) is 34.3. The van der Waals surface area contributed by atoms with E-state index in [-0.39, 0.29) is 54.8 Å². The lowest BCUT2D eigenvalue weighted by atomic mass is 9.85. The Morgan fingerprint density at radius 2 is 1.62 bits per heavy atom. The zero-order valence-electron chi connectivity index (χ0n) is 52.9. The molecule has 3 aliphatic rings. The van der Waals surface area contributed by atoms with Crippen LogP contribution in [0.15, 0.2) is 72.2 Å². The highest BCUT2D eigenvalue weighted by Crippen LogP contribution is 2.40. The van der Waals surface area contributed by atoms with E-state index in [4.69, 9.17) is 4.74 Å². The summed E-state index contributed by atoms with van der Waals surface area (Å²) in [6.07, 6.45) is 9.27. The maximum atomic E-state index is 15.3. The number of carbonyl (C=O) groups excluding carboxylic acids is 3. The van der Waals surface area contributed by atoms with Gasteiger partial charge in [0.1, 0.15) is 12.1 Å². The van der Waals surface area contributed by atoms with E-state index >= 15 is 4.39 Å². The summed E-state index contributed by atoms with van der Waals surface area (Å²) in [5, 5.41) is 40.7. The lowest BCUT2D eigenvalue weighted by Gasteiger charge is -2.35. The number of β-amino-alcohol motifs (C(OH)–C–C–N with tert-alkyl or cyclic N) is 1. The molecule has 0 spiro atoms. The molecule has 3 aliphatic heterocycles. The van der Waals surface area contributed by atoms with Gasteiger partial charge in [0.15, 0.2) is 39.2 Å². The fourth-order valence-corrected chi connectivity index (χ4v) is 14.8. The number of aliphatic hydroxyl groups excluding tert-OH is 1. The fraction of sp³-hybridized carbons (Fsp3) is 0.485. The Bertz CT molecular complexity index is 3700. The third kappa shape index (κ3) is 17.2. The van der Waals surface area contributed by atoms with Crippen LogP contribution in [0.2, 0.25) is 0 Å². The Hall–Kier alpha value is -7.46. The number of carboxylic acid groups (broad SMARTS) is 1. The molecule has 3 amide bonds. The van der Waals surface area contributed by atoms with Gasteiger partial charge in [-0.1, -0.05) is 112 Å². The van der Waals surface area contributed by atoms with Crippen LogP contribution in [0, 0.1) is 36.9 Å². The molecular formula is C68H83FN12O7S3. The second kappa shape index (κ2) is 30.8. The van der Waals surface area contributed by atoms with Crippen LogP contribution in [0.25, 0.3) is 20.7 Å². The van der Waals surface area contributed by atoms with Gasteiger partial charge in [0.05, 0.1) is 51.6 Å². The molecule has 4 atom stereocenters. The number of nitrogens with one attached hydrogen (secondary N) is 3. The second-order valence-electron chi connectivity index (χ2n) is 25.0. The van der Waals surface area contributed by atoms with Crippen LogP contribution in [0.5, 0.6) is 5.75 Å². The molecule has 0 bridgehead atoms. The SMILES string of the molecule is Cc1ncsc1-c1ccc(C(C)NC(=O)[C@@H]2C[C@@H](O)CN2C(=O)C(NC(=O)CCCCCCCCCN2CCN(CC#Cc3ccc(OCCCc4sc(N5CCCc6c5nnc(Nc5nc7ccccc7s5)c6C)nc4C(=O)O)c(F)c3)CC2)C(C)(C)C)cc1. The molecule has 4 aromatic heterocycles. The maximum absolute atomic E-state index is 15.3. The predicted molar refractivity (Wildman–Crippen MR) is 357 cm³/mol. The van der Waals surface area contributed by atoms with Crippen molar-refractivity contribution in [3.63, 3.8) is 0 Å². The molecule has 2 fully saturated rings. The number of likely N-dealkylation sites (tertiary alicyclic amines) is 1. The maximum Gasteiger partial charge on any atom is 0.355 e. The van der Waals surface area contributed by atoms with Crippen LogP contribution < -0.4 is 25.6 Å². The summed E-state index contributed by atoms with van der Waals surface area (Å²) >= 11 is 4.45. The number of aromatic carboxylic acids is 1. The van der Waals surface area contributed by atoms with E-state index in [2.05, 4.69) is 62.7 Å². The highest BCUT2D eigenvalue weighted by Gasteiger charge is 2.45. The van der Waals surface area contributed by atoms with Gasteiger partial charge < -0.3 is 45.6 Å². The quantitative estimate of drug-likeness (QED) is 0.0251. The minimum Gasteiger partial charge on any atom is -0.491 e. The van der Waals surface area contributed by atoms with E-state index < -0.39 is 35.4 Å². The number of benzene rings is 3. The summed E-state index contributed by atoms with van der Waals surface area (Å²) in [6, 6.07) is 18.7. The minimum atomic E-state index is -1.11. The molecule has 23 heteroatoms. The Morgan fingerprint density at radius 3 is 2.34 bits per heavy atom. The van der Waals surface area contributed by atoms with E-state index in [9.17, 15) is 29.4 Å². The number of thiazole rings is 3. The van der Waals surface area contributed by atoms with Crippen molar-refractivity contribution in [3.8, 4) is 28.0 Å². The average molecular weight is 1300 g/mol. The largest absolute Gasteiger partial charge is 0.491 e. The van der Waals surface area contributed by atoms with Crippen molar-refractivity contribution in [2.45, 2.75) is 149 Å². The van der Waals surface area contributed by atoms with Crippen LogP contribution >= 0.6 is 34.0 Å². The standard InChI is InChI=1S/C68H83FN12O7S3/c1-43-50-20-17-33-80(62(50)77-76-61(43)75-66-72-52-21-13-14-22-55(52)90-66)67-74-58(65(86)87)56(91-67)23-18-38-88-54-30-25-46(39-51(54)69)19-16-32-79-36-34-78(35-37-79)31-15-11-9-7-8-10-12-24-57(83)73-60(68(4,5)6)64(85)81-41-49(82)40-53(81)63(84)71-44(2)47-26-28-48(29-27-47)59-45(3)70-42-89-59/h13-14,21-22,25-30,39,42,44,49,53,60,82H,7-12,15,17-18,20,23-24,31-38,40-41H2,1-6H3,(H,71,84)(H,73,83)(H,86,87)(H,72,75,76)/t44?,49-,53+,60?/m1/s1. The van der Waals surface area contributed by atoms with Gasteiger partial charge in [0.2, 0.25) is 17.7 Å². The molecular weight excluding hydrogens is 1210 g/mol. The Labute approximate surface area is 544 Å². The number of fused-ring (bicyclic) bond motifs is 2. The number of unbranched alkanes of at least 4 members (excludes halogenated alkanes) is 6. The van der Waals surface area contributed by atoms with Crippen molar-refractivity contribution in [2.75, 3.05) is 69.2 Å². The number of carboxylic acids is 1. The Balaban J connectivity index is 0.579. The molecule has 2 saturated heterocycles. The molecule has 0 radical (unpaired) electrons. The Kier molecular flexibility index (Phi) is 22.5. The molecule has 19 nitrogen and oxygen atoms in total. The number of ether oxygens (including phenoxy) is 1. The molecule has 0 saturated carbocycles. The normalized spacial score (nSPS) is 16.9. The number of para-hydroxylation sites is 1. The van der Waals surface area contributed by atoms with Gasteiger partial charge in [0, 0.05) is 73.7 Å². The van der Waals surface area contributed by atoms with Crippen molar-refractivity contribution in [1.82, 2.24) is 50.5 Å². The van der Waals surface area contributed by atoms with E-state index in [0.717, 1.165) is 139 Å². The molecule has 5 N–H and O–H groups in total. The zero-order valence-corrected chi connectivity index (χ0v) is 55.3. The number of rotatable bonds is 26. The third-order valence-corrected chi connectivity index (χ3v) is 20.3. The van der Waals surface area contributed by atoms with E-state index in [1.807, 2.05) is 100 Å². The third-order valence-electron chi connectivity index (χ3n) is 17.2. The monoisotopic (exact) mass is 1290 g/mol. The van der Waals surface area contributed by atoms with Crippen molar-refractivity contribution in [2.24, 2.45) is 5.41 Å². The highest BCUT2D eigenvalue weighted by molar-refractivity contribution is 7.22. The molecule has 482 valence electrons. The predicted octanol–water partition coefficient (Wildman–Crippen LogP) is 11.4. The number of anilines is 4. The molecule has 7 heterocycles. The van der Waals surface area contributed by atoms with E-state index in [1.54, 1.807) is 34.8 Å². The van der Waals surface area contributed by atoms with Crippen LogP contribution in [-0.4, -0.2) is 151 Å². The number of hydrogen-bond donors (Lipinski definition) is 5. The topological polar surface area (TPSA) is 231 Å². The summed E-state index contributed by atoms with van der Waals surface area (Å²) in [5.41, 5.74) is 7.62. The van der Waals surface area contributed by atoms with Gasteiger partial charge >= 0.3 is 5.97 Å². The van der Waals surface area contributed by atoms with Gasteiger partial charge in [-0.05, 0) is 113 Å². The number of aliphatic hydroxyl groups is 1. The minimum absolute atomic E-state index is 0.00461. The van der Waals surface area contributed by atoms with Gasteiger partial charge in [-0.25, -0.2) is 24.1 Å². The van der Waals surface area contributed by atoms with Crippen LogP contribution in [0.4, 0.5) is 26.3 Å². The number of carbonyl (C=O) groups is 4. The van der Waals surface area contributed by atoms with Gasteiger partial charge in [0.25, 0.3) is 0 Å². The first kappa shape index (κ1) is 66.5. The van der Waals surface area contributed by atoms with Gasteiger partial charge in [-0.3, -0.25) is 19.3 Å². The Morgan fingerprint density at radius 1 is 0.868 bits per heavy atom. The summed E-state index contributed by atoms with van der Waals surface area (Å²) in [4.78, 5) is 77.1. The number of amides is 3. The molecule has 91 heavy (non-hydrogen) atoms. The number of nitrogens with zero attached hydrogens (tertiary/aromatic N) is 9. The van der Waals surface area contributed by atoms with Gasteiger partial charge in [-0.15, -0.1) is 32.9 Å². The van der Waals surface area contributed by atoms with Crippen LogP contribution in [-0.2, 0) is 27.2 Å². The number of halogens is 1. The number of aryl methyl sites for hydroxylation is 2. The summed E-state index contributed by atoms with van der Waals surface area (Å²) < 4.78 is 22.2. The van der Waals surface area contributed by atoms with Crippen LogP contribution in [0.1, 0.15) is 148 Å².